The molecule has 1 atom stereocenters. The summed E-state index contributed by atoms with van der Waals surface area (Å²) in [6.45, 7) is 12.9. The largest absolute Gasteiger partial charge is 0.360 e. The number of hydrogen-bond donors (Lipinski definition) is 1. The molecule has 1 saturated heterocycles. The van der Waals surface area contributed by atoms with E-state index in [-0.39, 0.29) is 5.54 Å². The van der Waals surface area contributed by atoms with E-state index in [0.717, 1.165) is 30.5 Å². The van der Waals surface area contributed by atoms with Gasteiger partial charge in [-0.1, -0.05) is 12.1 Å². The Hall–Kier alpha value is -0.870. The van der Waals surface area contributed by atoms with Crippen molar-refractivity contribution in [1.29, 1.82) is 0 Å². The molecule has 0 radical (unpaired) electrons. The molecule has 4 nitrogen and oxygen atoms in total. The molecule has 1 unspecified atom stereocenters. The lowest BCUT2D eigenvalue weighted by atomic mass is 10.0. The van der Waals surface area contributed by atoms with Crippen molar-refractivity contribution in [2.24, 2.45) is 5.92 Å². The lowest BCUT2D eigenvalue weighted by Crippen LogP contribution is -2.35. The van der Waals surface area contributed by atoms with Crippen molar-refractivity contribution in [3.05, 3.63) is 17.5 Å². The number of hydrogen-bond acceptors (Lipinski definition) is 4. The van der Waals surface area contributed by atoms with Crippen LogP contribution in [0, 0.1) is 5.92 Å². The van der Waals surface area contributed by atoms with Crippen molar-refractivity contribution in [1.82, 2.24) is 15.4 Å². The molecule has 1 aromatic rings. The van der Waals surface area contributed by atoms with E-state index in [1.54, 1.807) is 0 Å². The van der Waals surface area contributed by atoms with E-state index < -0.39 is 0 Å². The van der Waals surface area contributed by atoms with Crippen LogP contribution in [0.2, 0.25) is 0 Å². The zero-order valence-electron chi connectivity index (χ0n) is 13.4. The zero-order chi connectivity index (χ0) is 14.6. The van der Waals surface area contributed by atoms with Crippen LogP contribution in [0.25, 0.3) is 0 Å². The van der Waals surface area contributed by atoms with Crippen molar-refractivity contribution in [3.8, 4) is 0 Å². The molecule has 0 saturated carbocycles. The Kier molecular flexibility index (Phi) is 5.22. The number of nitrogens with zero attached hydrogens (tertiary/aromatic N) is 2. The Bertz CT molecular complexity index is 408. The predicted octanol–water partition coefficient (Wildman–Crippen LogP) is 3.18. The molecular formula is C16H29N3O. The number of aromatic nitrogens is 1. The Labute approximate surface area is 122 Å². The number of rotatable bonds is 4. The van der Waals surface area contributed by atoms with Gasteiger partial charge in [-0.2, -0.15) is 0 Å². The first-order valence-electron chi connectivity index (χ1n) is 7.84. The molecule has 0 amide bonds. The summed E-state index contributed by atoms with van der Waals surface area (Å²) in [5.74, 6) is 1.85. The Morgan fingerprint density at radius 1 is 1.35 bits per heavy atom. The van der Waals surface area contributed by atoms with Crippen molar-refractivity contribution >= 4 is 0 Å². The first-order valence-corrected chi connectivity index (χ1v) is 7.84. The fourth-order valence-corrected chi connectivity index (χ4v) is 2.57. The Morgan fingerprint density at radius 3 is 2.90 bits per heavy atom. The molecule has 0 bridgehead atoms. The summed E-state index contributed by atoms with van der Waals surface area (Å²) in [6.07, 6.45) is 3.95. The second-order valence-corrected chi connectivity index (χ2v) is 7.20. The van der Waals surface area contributed by atoms with E-state index in [4.69, 9.17) is 4.52 Å². The third-order valence-electron chi connectivity index (χ3n) is 3.90. The molecule has 1 fully saturated rings. The minimum atomic E-state index is 0.111. The lowest BCUT2D eigenvalue weighted by Gasteiger charge is -2.19. The summed E-state index contributed by atoms with van der Waals surface area (Å²) in [6, 6.07) is 2.09. The molecule has 1 aliphatic rings. The standard InChI is InChI=1S/C16H29N3O/c1-13-6-5-8-19(9-7-13)12-15-10-14(18-20-15)11-17-16(2,3)4/h10,13,17H,5-9,11-12H2,1-4H3. The molecular weight excluding hydrogens is 250 g/mol. The molecule has 2 heterocycles. The molecule has 114 valence electrons. The van der Waals surface area contributed by atoms with Gasteiger partial charge in [0.1, 0.15) is 0 Å². The van der Waals surface area contributed by atoms with Gasteiger partial charge < -0.3 is 9.84 Å². The van der Waals surface area contributed by atoms with Gasteiger partial charge in [0.15, 0.2) is 5.76 Å². The second kappa shape index (κ2) is 6.72. The van der Waals surface area contributed by atoms with Crippen LogP contribution in [-0.4, -0.2) is 28.7 Å². The molecule has 1 aromatic heterocycles. The van der Waals surface area contributed by atoms with Crippen LogP contribution in [-0.2, 0) is 13.1 Å². The van der Waals surface area contributed by atoms with Crippen molar-refractivity contribution in [2.45, 2.75) is 65.6 Å². The minimum absolute atomic E-state index is 0.111. The summed E-state index contributed by atoms with van der Waals surface area (Å²) in [5.41, 5.74) is 1.11. The highest BCUT2D eigenvalue weighted by Gasteiger charge is 2.16. The molecule has 1 aliphatic heterocycles. The van der Waals surface area contributed by atoms with E-state index in [9.17, 15) is 0 Å². The average molecular weight is 279 g/mol. The third-order valence-corrected chi connectivity index (χ3v) is 3.90. The summed E-state index contributed by atoms with van der Waals surface area (Å²) >= 11 is 0. The van der Waals surface area contributed by atoms with Gasteiger partial charge in [-0.05, 0) is 59.0 Å². The van der Waals surface area contributed by atoms with E-state index in [0.29, 0.717) is 0 Å². The van der Waals surface area contributed by atoms with Crippen molar-refractivity contribution < 1.29 is 4.52 Å². The highest BCUT2D eigenvalue weighted by Crippen LogP contribution is 2.18. The molecule has 1 N–H and O–H groups in total. The number of likely N-dealkylation sites (tertiary alicyclic amines) is 1. The Morgan fingerprint density at radius 2 is 2.15 bits per heavy atom. The van der Waals surface area contributed by atoms with Gasteiger partial charge in [0.25, 0.3) is 0 Å². The molecule has 0 spiro atoms. The van der Waals surface area contributed by atoms with Gasteiger partial charge in [0, 0.05) is 18.2 Å². The SMILES string of the molecule is CC1CCCN(Cc2cc(CNC(C)(C)C)no2)CC1. The maximum absolute atomic E-state index is 5.47. The first-order chi connectivity index (χ1) is 9.42. The lowest BCUT2D eigenvalue weighted by molar-refractivity contribution is 0.236. The predicted molar refractivity (Wildman–Crippen MR) is 81.4 cm³/mol. The van der Waals surface area contributed by atoms with Gasteiger partial charge in [-0.15, -0.1) is 0 Å². The highest BCUT2D eigenvalue weighted by molar-refractivity contribution is 5.05. The summed E-state index contributed by atoms with van der Waals surface area (Å²) < 4.78 is 5.47. The zero-order valence-corrected chi connectivity index (χ0v) is 13.4. The second-order valence-electron chi connectivity index (χ2n) is 7.20. The van der Waals surface area contributed by atoms with Crippen LogP contribution in [0.4, 0.5) is 0 Å². The van der Waals surface area contributed by atoms with Crippen LogP contribution >= 0.6 is 0 Å². The monoisotopic (exact) mass is 279 g/mol. The first kappa shape index (κ1) is 15.5. The summed E-state index contributed by atoms with van der Waals surface area (Å²) in [4.78, 5) is 2.49. The maximum atomic E-state index is 5.47. The molecule has 0 aliphatic carbocycles. The fourth-order valence-electron chi connectivity index (χ4n) is 2.57. The van der Waals surface area contributed by atoms with Crippen molar-refractivity contribution in [2.75, 3.05) is 13.1 Å². The van der Waals surface area contributed by atoms with E-state index in [1.807, 2.05) is 0 Å². The molecule has 20 heavy (non-hydrogen) atoms. The average Bonchev–Trinajstić information content (AvgIpc) is 2.70. The van der Waals surface area contributed by atoms with Crippen molar-refractivity contribution in [3.63, 3.8) is 0 Å². The maximum Gasteiger partial charge on any atom is 0.151 e. The Balaban J connectivity index is 1.83. The summed E-state index contributed by atoms with van der Waals surface area (Å²) in [5, 5.41) is 7.59. The van der Waals surface area contributed by atoms with Gasteiger partial charge in [-0.25, -0.2) is 0 Å². The van der Waals surface area contributed by atoms with E-state index in [1.165, 1.54) is 32.4 Å². The van der Waals surface area contributed by atoms with Gasteiger partial charge in [0.2, 0.25) is 0 Å². The topological polar surface area (TPSA) is 41.3 Å². The molecule has 4 heteroatoms. The van der Waals surface area contributed by atoms with E-state index in [2.05, 4.69) is 49.1 Å². The quantitative estimate of drug-likeness (QED) is 0.919. The van der Waals surface area contributed by atoms with Crippen LogP contribution in [0.1, 0.15) is 58.4 Å². The van der Waals surface area contributed by atoms with Crippen LogP contribution in [0.5, 0.6) is 0 Å². The highest BCUT2D eigenvalue weighted by atomic mass is 16.5. The molecule has 2 rings (SSSR count). The smallest absolute Gasteiger partial charge is 0.151 e. The van der Waals surface area contributed by atoms with Crippen LogP contribution in [0.3, 0.4) is 0 Å². The molecule has 0 aromatic carbocycles. The number of nitrogens with one attached hydrogen (secondary N) is 1. The van der Waals surface area contributed by atoms with Crippen LogP contribution < -0.4 is 5.32 Å². The van der Waals surface area contributed by atoms with Gasteiger partial charge in [-0.3, -0.25) is 4.90 Å². The van der Waals surface area contributed by atoms with Gasteiger partial charge >= 0.3 is 0 Å². The fraction of sp³-hybridized carbons (Fsp3) is 0.812. The van der Waals surface area contributed by atoms with E-state index >= 15 is 0 Å². The normalized spacial score (nSPS) is 21.9. The minimum Gasteiger partial charge on any atom is -0.360 e. The van der Waals surface area contributed by atoms with Crippen LogP contribution in [0.15, 0.2) is 10.6 Å². The summed E-state index contributed by atoms with van der Waals surface area (Å²) in [7, 11) is 0. The van der Waals surface area contributed by atoms with Gasteiger partial charge in [0.05, 0.1) is 12.2 Å². The third kappa shape index (κ3) is 5.25.